The minimum atomic E-state index is -0.381. The fourth-order valence-electron chi connectivity index (χ4n) is 3.34. The molecule has 1 aliphatic rings. The number of nitrogens with zero attached hydrogens (tertiary/aromatic N) is 1. The smallest absolute Gasteiger partial charge is 0.334 e. The number of carbonyl (C=O) groups is 2. The Morgan fingerprint density at radius 1 is 1.16 bits per heavy atom. The first kappa shape index (κ1) is 22.3. The molecule has 6 nitrogen and oxygen atoms in total. The minimum Gasteiger partial charge on any atom is -0.463 e. The molecule has 1 heterocycles. The second-order valence-corrected chi connectivity index (χ2v) is 7.96. The third-order valence-electron chi connectivity index (χ3n) is 5.00. The highest BCUT2D eigenvalue weighted by atomic mass is 16.5. The van der Waals surface area contributed by atoms with Crippen LogP contribution in [0.2, 0.25) is 0 Å². The summed E-state index contributed by atoms with van der Waals surface area (Å²) < 4.78 is 5.11. The van der Waals surface area contributed by atoms with Crippen molar-refractivity contribution in [1.82, 2.24) is 5.32 Å². The van der Waals surface area contributed by atoms with Gasteiger partial charge in [-0.15, -0.1) is 0 Å². The van der Waals surface area contributed by atoms with Crippen molar-refractivity contribution in [2.45, 2.75) is 33.6 Å². The molecule has 31 heavy (non-hydrogen) atoms. The number of ether oxygens (including phenoxy) is 1. The highest BCUT2D eigenvalue weighted by molar-refractivity contribution is 6.03. The lowest BCUT2D eigenvalue weighted by Gasteiger charge is -2.10. The van der Waals surface area contributed by atoms with E-state index in [0.717, 1.165) is 23.1 Å². The number of hydrogen-bond donors (Lipinski definition) is 2. The first-order valence-corrected chi connectivity index (χ1v) is 10.6. The second-order valence-electron chi connectivity index (χ2n) is 7.96. The van der Waals surface area contributed by atoms with Gasteiger partial charge in [-0.1, -0.05) is 38.1 Å². The van der Waals surface area contributed by atoms with Gasteiger partial charge in [0.05, 0.1) is 12.3 Å². The summed E-state index contributed by atoms with van der Waals surface area (Å²) in [5, 5.41) is 2.97. The van der Waals surface area contributed by atoms with Crippen LogP contribution in [0.3, 0.4) is 0 Å². The molecule has 0 aliphatic carbocycles. The number of esters is 1. The van der Waals surface area contributed by atoms with Crippen molar-refractivity contribution in [3.05, 3.63) is 59.2 Å². The Labute approximate surface area is 183 Å². The SMILES string of the molecule is CCOC(=O)C1=Cc2ccc(-c3cccc(C(=O)NCCC(C)C)c3)cc2N=C(N)C1. The summed E-state index contributed by atoms with van der Waals surface area (Å²) in [7, 11) is 0. The number of rotatable bonds is 7. The lowest BCUT2D eigenvalue weighted by molar-refractivity contribution is -0.138. The second kappa shape index (κ2) is 10.1. The number of fused-ring (bicyclic) bond motifs is 1. The van der Waals surface area contributed by atoms with Crippen LogP contribution < -0.4 is 11.1 Å². The summed E-state index contributed by atoms with van der Waals surface area (Å²) >= 11 is 0. The van der Waals surface area contributed by atoms with E-state index in [9.17, 15) is 9.59 Å². The first-order valence-electron chi connectivity index (χ1n) is 10.6. The van der Waals surface area contributed by atoms with Crippen LogP contribution in [0.4, 0.5) is 5.69 Å². The van der Waals surface area contributed by atoms with Gasteiger partial charge in [0.1, 0.15) is 5.84 Å². The van der Waals surface area contributed by atoms with E-state index in [2.05, 4.69) is 24.2 Å². The number of benzene rings is 2. The van der Waals surface area contributed by atoms with Gasteiger partial charge >= 0.3 is 5.97 Å². The molecule has 0 unspecified atom stereocenters. The molecule has 3 rings (SSSR count). The topological polar surface area (TPSA) is 93.8 Å². The zero-order valence-electron chi connectivity index (χ0n) is 18.3. The predicted molar refractivity (Wildman–Crippen MR) is 124 cm³/mol. The van der Waals surface area contributed by atoms with Gasteiger partial charge in [-0.25, -0.2) is 9.79 Å². The van der Waals surface area contributed by atoms with Crippen LogP contribution in [0, 0.1) is 5.92 Å². The van der Waals surface area contributed by atoms with Crippen LogP contribution in [0.5, 0.6) is 0 Å². The lowest BCUT2D eigenvalue weighted by atomic mass is 9.99. The average Bonchev–Trinajstić information content (AvgIpc) is 2.91. The van der Waals surface area contributed by atoms with Gasteiger partial charge in [0.15, 0.2) is 0 Å². The molecule has 6 heteroatoms. The van der Waals surface area contributed by atoms with Gasteiger partial charge in [0.25, 0.3) is 5.91 Å². The van der Waals surface area contributed by atoms with Gasteiger partial charge in [-0.3, -0.25) is 4.79 Å². The molecule has 2 aromatic rings. The average molecular weight is 420 g/mol. The third-order valence-corrected chi connectivity index (χ3v) is 5.00. The van der Waals surface area contributed by atoms with Gasteiger partial charge in [-0.2, -0.15) is 0 Å². The highest BCUT2D eigenvalue weighted by Crippen LogP contribution is 2.32. The Morgan fingerprint density at radius 2 is 1.94 bits per heavy atom. The monoisotopic (exact) mass is 419 g/mol. The van der Waals surface area contributed by atoms with E-state index in [0.29, 0.717) is 41.7 Å². The number of amides is 1. The molecule has 2 aromatic carbocycles. The van der Waals surface area contributed by atoms with E-state index >= 15 is 0 Å². The van der Waals surface area contributed by atoms with Crippen molar-refractivity contribution in [3.63, 3.8) is 0 Å². The maximum absolute atomic E-state index is 12.5. The van der Waals surface area contributed by atoms with E-state index in [1.165, 1.54) is 0 Å². The zero-order valence-corrected chi connectivity index (χ0v) is 18.3. The summed E-state index contributed by atoms with van der Waals surface area (Å²) in [5.41, 5.74) is 10.4. The molecule has 0 radical (unpaired) electrons. The lowest BCUT2D eigenvalue weighted by Crippen LogP contribution is -2.25. The van der Waals surface area contributed by atoms with Crippen LogP contribution in [-0.4, -0.2) is 30.9 Å². The van der Waals surface area contributed by atoms with E-state index in [4.69, 9.17) is 10.5 Å². The number of nitrogens with one attached hydrogen (secondary N) is 1. The minimum absolute atomic E-state index is 0.0819. The van der Waals surface area contributed by atoms with Crippen LogP contribution in [0.25, 0.3) is 17.2 Å². The summed E-state index contributed by atoms with van der Waals surface area (Å²) in [6.07, 6.45) is 2.96. The number of amidine groups is 1. The molecule has 0 spiro atoms. The number of aliphatic imine (C=N–C) groups is 1. The maximum atomic E-state index is 12.5. The maximum Gasteiger partial charge on any atom is 0.334 e. The third kappa shape index (κ3) is 5.81. The number of nitrogens with two attached hydrogens (primary N) is 1. The summed E-state index contributed by atoms with van der Waals surface area (Å²) in [6, 6.07) is 13.3. The molecule has 0 saturated heterocycles. The molecule has 0 atom stereocenters. The molecule has 1 amide bonds. The van der Waals surface area contributed by atoms with Crippen LogP contribution in [0.1, 0.15) is 49.5 Å². The summed E-state index contributed by atoms with van der Waals surface area (Å²) in [6.45, 7) is 6.99. The van der Waals surface area contributed by atoms with Crippen molar-refractivity contribution in [2.24, 2.45) is 16.6 Å². The Balaban J connectivity index is 1.87. The Bertz CT molecular complexity index is 1040. The van der Waals surface area contributed by atoms with Gasteiger partial charge in [0.2, 0.25) is 0 Å². The molecular weight excluding hydrogens is 390 g/mol. The van der Waals surface area contributed by atoms with Crippen LogP contribution in [0.15, 0.2) is 53.0 Å². The fraction of sp³-hybridized carbons (Fsp3) is 0.320. The largest absolute Gasteiger partial charge is 0.463 e. The van der Waals surface area contributed by atoms with Crippen molar-refractivity contribution in [2.75, 3.05) is 13.2 Å². The molecule has 0 bridgehead atoms. The Kier molecular flexibility index (Phi) is 7.23. The molecule has 3 N–H and O–H groups in total. The van der Waals surface area contributed by atoms with Gasteiger partial charge < -0.3 is 15.8 Å². The van der Waals surface area contributed by atoms with E-state index in [1.807, 2.05) is 42.5 Å². The highest BCUT2D eigenvalue weighted by Gasteiger charge is 2.17. The quantitative estimate of drug-likeness (QED) is 0.648. The molecule has 1 aliphatic heterocycles. The standard InChI is InChI=1S/C25H29N3O3/c1-4-31-25(30)21-13-19-9-8-18(14-22(19)28-23(26)15-21)17-6-5-7-20(12-17)24(29)27-11-10-16(2)3/h5-9,12-14,16H,4,10-11,15H2,1-3H3,(H2,26,28)(H,27,29). The molecule has 0 aromatic heterocycles. The Hall–Kier alpha value is -3.41. The fourth-order valence-corrected chi connectivity index (χ4v) is 3.34. The van der Waals surface area contributed by atoms with E-state index in [1.54, 1.807) is 13.0 Å². The normalized spacial score (nSPS) is 13.0. The van der Waals surface area contributed by atoms with Crippen molar-refractivity contribution >= 4 is 29.5 Å². The van der Waals surface area contributed by atoms with Gasteiger partial charge in [-0.05, 0) is 54.7 Å². The predicted octanol–water partition coefficient (Wildman–Crippen LogP) is 4.47. The molecular formula is C25H29N3O3. The van der Waals surface area contributed by atoms with Crippen molar-refractivity contribution < 1.29 is 14.3 Å². The molecule has 0 saturated carbocycles. The number of hydrogen-bond acceptors (Lipinski definition) is 5. The first-order chi connectivity index (χ1) is 14.9. The van der Waals surface area contributed by atoms with E-state index in [-0.39, 0.29) is 18.3 Å². The van der Waals surface area contributed by atoms with Crippen LogP contribution in [-0.2, 0) is 9.53 Å². The van der Waals surface area contributed by atoms with Crippen LogP contribution >= 0.6 is 0 Å². The van der Waals surface area contributed by atoms with Gasteiger partial charge in [0, 0.05) is 29.7 Å². The molecule has 0 fully saturated rings. The Morgan fingerprint density at radius 3 is 2.68 bits per heavy atom. The van der Waals surface area contributed by atoms with Crippen molar-refractivity contribution in [3.8, 4) is 11.1 Å². The zero-order chi connectivity index (χ0) is 22.4. The van der Waals surface area contributed by atoms with Crippen molar-refractivity contribution in [1.29, 1.82) is 0 Å². The van der Waals surface area contributed by atoms with E-state index < -0.39 is 0 Å². The summed E-state index contributed by atoms with van der Waals surface area (Å²) in [5.74, 6) is 0.432. The number of carbonyl (C=O) groups excluding carboxylic acids is 2. The molecule has 162 valence electrons. The summed E-state index contributed by atoms with van der Waals surface area (Å²) in [4.78, 5) is 29.1.